The van der Waals surface area contributed by atoms with Crippen molar-refractivity contribution in [2.45, 2.75) is 24.9 Å². The largest absolute Gasteiger partial charge is 0.394 e. The fourth-order valence-electron chi connectivity index (χ4n) is 2.94. The number of rotatable bonds is 5. The third kappa shape index (κ3) is 2.67. The van der Waals surface area contributed by atoms with Crippen LogP contribution in [0.2, 0.25) is 0 Å². The summed E-state index contributed by atoms with van der Waals surface area (Å²) in [4.78, 5) is 24.8. The summed E-state index contributed by atoms with van der Waals surface area (Å²) in [5.41, 5.74) is 13.6. The molecule has 1 aliphatic rings. The molecule has 1 fully saturated rings. The maximum absolute atomic E-state index is 11.8. The van der Waals surface area contributed by atoms with Crippen molar-refractivity contribution >= 4 is 17.1 Å². The topological polar surface area (TPSA) is 188 Å². The van der Waals surface area contributed by atoms with Crippen LogP contribution in [0.1, 0.15) is 12.6 Å². The van der Waals surface area contributed by atoms with E-state index in [0.29, 0.717) is 6.42 Å². The van der Waals surface area contributed by atoms with Gasteiger partial charge in [-0.2, -0.15) is 4.98 Å². The van der Waals surface area contributed by atoms with Gasteiger partial charge in [-0.05, 0) is 12.0 Å². The zero-order valence-corrected chi connectivity index (χ0v) is 12.5. The number of aromatic nitrogens is 4. The number of imidazole rings is 1. The molecule has 0 amide bonds. The van der Waals surface area contributed by atoms with E-state index in [1.165, 1.54) is 10.9 Å². The van der Waals surface area contributed by atoms with Gasteiger partial charge in [0.25, 0.3) is 5.56 Å². The molecule has 24 heavy (non-hydrogen) atoms. The number of fused-ring (bicyclic) bond motifs is 1. The lowest BCUT2D eigenvalue weighted by Crippen LogP contribution is -2.28. The van der Waals surface area contributed by atoms with Gasteiger partial charge in [0.1, 0.15) is 6.10 Å². The number of anilines is 1. The Hall–Kier alpha value is -2.66. The Morgan fingerprint density at radius 1 is 1.58 bits per heavy atom. The van der Waals surface area contributed by atoms with Crippen molar-refractivity contribution in [3.63, 3.8) is 0 Å². The summed E-state index contributed by atoms with van der Waals surface area (Å²) in [6, 6.07) is 0. The van der Waals surface area contributed by atoms with Crippen LogP contribution in [0, 0.1) is 5.92 Å². The molecule has 1 saturated heterocycles. The summed E-state index contributed by atoms with van der Waals surface area (Å²) in [6.45, 7) is -0.141. The minimum absolute atomic E-state index is 0.0677. The first-order valence-corrected chi connectivity index (χ1v) is 7.24. The molecular formula is C12H16N8O4. The molecule has 1 aliphatic heterocycles. The second-order valence-electron chi connectivity index (χ2n) is 5.42. The quantitative estimate of drug-likeness (QED) is 0.314. The molecule has 12 heteroatoms. The molecular weight excluding hydrogens is 320 g/mol. The molecule has 5 N–H and O–H groups in total. The first-order valence-electron chi connectivity index (χ1n) is 7.24. The van der Waals surface area contributed by atoms with E-state index in [0.717, 1.165) is 0 Å². The molecule has 0 unspecified atom stereocenters. The molecule has 0 saturated carbocycles. The molecule has 0 bridgehead atoms. The predicted molar refractivity (Wildman–Crippen MR) is 81.7 cm³/mol. The van der Waals surface area contributed by atoms with Crippen molar-refractivity contribution in [3.05, 3.63) is 27.1 Å². The second kappa shape index (κ2) is 6.45. The molecule has 0 aliphatic carbocycles. The number of aliphatic hydroxyl groups is 2. The highest BCUT2D eigenvalue weighted by Gasteiger charge is 2.44. The van der Waals surface area contributed by atoms with Gasteiger partial charge in [0.2, 0.25) is 5.95 Å². The average Bonchev–Trinajstić information content (AvgIpc) is 3.09. The fraction of sp³-hybridized carbons (Fsp3) is 0.583. The van der Waals surface area contributed by atoms with Crippen molar-refractivity contribution in [1.82, 2.24) is 19.5 Å². The number of hydrogen-bond acceptors (Lipinski definition) is 8. The number of azide groups is 1. The smallest absolute Gasteiger partial charge is 0.280 e. The molecule has 2 aromatic heterocycles. The van der Waals surface area contributed by atoms with Crippen LogP contribution in [-0.4, -0.2) is 55.1 Å². The fourth-order valence-corrected chi connectivity index (χ4v) is 2.94. The highest BCUT2D eigenvalue weighted by molar-refractivity contribution is 5.70. The van der Waals surface area contributed by atoms with Crippen molar-refractivity contribution in [1.29, 1.82) is 0 Å². The van der Waals surface area contributed by atoms with Gasteiger partial charge < -0.3 is 20.7 Å². The number of H-pyrrole nitrogens is 1. The number of aliphatic hydroxyl groups excluding tert-OH is 2. The lowest BCUT2D eigenvalue weighted by molar-refractivity contribution is -0.0493. The molecule has 4 atom stereocenters. The van der Waals surface area contributed by atoms with Gasteiger partial charge in [-0.1, -0.05) is 5.11 Å². The minimum Gasteiger partial charge on any atom is -0.394 e. The summed E-state index contributed by atoms with van der Waals surface area (Å²) in [6.07, 6.45) is -0.872. The Kier molecular flexibility index (Phi) is 4.36. The van der Waals surface area contributed by atoms with Gasteiger partial charge in [0.15, 0.2) is 17.4 Å². The van der Waals surface area contributed by atoms with Gasteiger partial charge in [-0.15, -0.1) is 0 Å². The summed E-state index contributed by atoms with van der Waals surface area (Å²) in [5, 5.41) is 23.5. The van der Waals surface area contributed by atoms with Gasteiger partial charge in [0, 0.05) is 17.4 Å². The third-order valence-electron chi connectivity index (χ3n) is 4.05. The summed E-state index contributed by atoms with van der Waals surface area (Å²) >= 11 is 0. The molecule has 0 aromatic carbocycles. The van der Waals surface area contributed by atoms with Crippen molar-refractivity contribution in [2.24, 2.45) is 11.0 Å². The maximum atomic E-state index is 11.8. The van der Waals surface area contributed by atoms with Crippen LogP contribution in [0.15, 0.2) is 16.2 Å². The van der Waals surface area contributed by atoms with Crippen LogP contribution in [0.3, 0.4) is 0 Å². The summed E-state index contributed by atoms with van der Waals surface area (Å²) in [7, 11) is 0. The third-order valence-corrected chi connectivity index (χ3v) is 4.05. The Labute approximate surface area is 134 Å². The Bertz CT molecular complexity index is 841. The van der Waals surface area contributed by atoms with E-state index in [1.807, 2.05) is 0 Å². The number of nitrogens with two attached hydrogens (primary N) is 1. The number of hydrogen-bond donors (Lipinski definition) is 4. The number of nitrogens with one attached hydrogen (secondary N) is 1. The van der Waals surface area contributed by atoms with Crippen molar-refractivity contribution < 1.29 is 14.9 Å². The standard InChI is InChI=1S/C12H16N8O4/c13-12-17-9-7(10(23)18-12)15-4-20(9)11-8(22)5(1-2-16-19-14)6(3-21)24-11/h4-6,8,11,21-22H,1-3H2,(H3,13,17,18,23)/t5-,6-,8-,11-/m1/s1. The Morgan fingerprint density at radius 2 is 2.38 bits per heavy atom. The van der Waals surface area contributed by atoms with Gasteiger partial charge in [-0.3, -0.25) is 14.3 Å². The van der Waals surface area contributed by atoms with Gasteiger partial charge in [-0.25, -0.2) is 4.98 Å². The van der Waals surface area contributed by atoms with Crippen LogP contribution < -0.4 is 11.3 Å². The van der Waals surface area contributed by atoms with E-state index in [4.69, 9.17) is 16.0 Å². The normalized spacial score (nSPS) is 26.6. The lowest BCUT2D eigenvalue weighted by atomic mass is 9.94. The second-order valence-corrected chi connectivity index (χ2v) is 5.42. The summed E-state index contributed by atoms with van der Waals surface area (Å²) in [5.74, 6) is -0.525. The Morgan fingerprint density at radius 3 is 3.08 bits per heavy atom. The highest BCUT2D eigenvalue weighted by Crippen LogP contribution is 2.36. The molecule has 2 aromatic rings. The Balaban J connectivity index is 1.95. The molecule has 3 heterocycles. The van der Waals surface area contributed by atoms with E-state index < -0.39 is 29.9 Å². The number of nitrogens with zero attached hydrogens (tertiary/aromatic N) is 6. The number of nitrogen functional groups attached to an aromatic ring is 1. The highest BCUT2D eigenvalue weighted by atomic mass is 16.5. The molecule has 0 spiro atoms. The molecule has 0 radical (unpaired) electrons. The summed E-state index contributed by atoms with van der Waals surface area (Å²) < 4.78 is 7.10. The SMILES string of the molecule is [N-]=[N+]=NCC[C@H]1[C@@H](O)[C@H](n2cnc3c(=O)[nH]c(N)nc32)O[C@@H]1CO. The van der Waals surface area contributed by atoms with Crippen molar-refractivity contribution in [2.75, 3.05) is 18.9 Å². The van der Waals surface area contributed by atoms with E-state index in [2.05, 4.69) is 25.0 Å². The van der Waals surface area contributed by atoms with Crippen molar-refractivity contribution in [3.8, 4) is 0 Å². The number of ether oxygens (including phenoxy) is 1. The van der Waals surface area contributed by atoms with E-state index >= 15 is 0 Å². The first kappa shape index (κ1) is 16.2. The first-order chi connectivity index (χ1) is 11.6. The molecule has 3 rings (SSSR count). The predicted octanol–water partition coefficient (Wildman–Crippen LogP) is -0.731. The van der Waals surface area contributed by atoms with E-state index in [1.54, 1.807) is 0 Å². The lowest BCUT2D eigenvalue weighted by Gasteiger charge is -2.18. The van der Waals surface area contributed by atoms with Crippen LogP contribution in [0.25, 0.3) is 21.6 Å². The maximum Gasteiger partial charge on any atom is 0.280 e. The van der Waals surface area contributed by atoms with E-state index in [-0.39, 0.29) is 30.3 Å². The monoisotopic (exact) mass is 336 g/mol. The number of aromatic amines is 1. The average molecular weight is 336 g/mol. The van der Waals surface area contributed by atoms with Gasteiger partial charge in [0.05, 0.1) is 19.0 Å². The van der Waals surface area contributed by atoms with Crippen LogP contribution >= 0.6 is 0 Å². The van der Waals surface area contributed by atoms with Crippen LogP contribution in [0.5, 0.6) is 0 Å². The van der Waals surface area contributed by atoms with Crippen LogP contribution in [0.4, 0.5) is 5.95 Å². The molecule has 128 valence electrons. The minimum atomic E-state index is -1.00. The zero-order valence-electron chi connectivity index (χ0n) is 12.5. The van der Waals surface area contributed by atoms with E-state index in [9.17, 15) is 15.0 Å². The zero-order chi connectivity index (χ0) is 17.3. The molecule has 12 nitrogen and oxygen atoms in total. The van der Waals surface area contributed by atoms with Gasteiger partial charge >= 0.3 is 0 Å². The van der Waals surface area contributed by atoms with Crippen LogP contribution in [-0.2, 0) is 4.74 Å².